The number of aryl methyl sites for hydroxylation is 2. The van der Waals surface area contributed by atoms with Gasteiger partial charge in [0.05, 0.1) is 4.90 Å². The summed E-state index contributed by atoms with van der Waals surface area (Å²) in [5, 5.41) is 0. The molecule has 0 amide bonds. The van der Waals surface area contributed by atoms with Crippen LogP contribution in [0.1, 0.15) is 18.1 Å². The van der Waals surface area contributed by atoms with Crippen LogP contribution in [0.3, 0.4) is 0 Å². The van der Waals surface area contributed by atoms with Gasteiger partial charge in [-0.25, -0.2) is 13.1 Å². The maximum Gasteiger partial charge on any atom is 0.241 e. The minimum Gasteiger partial charge on any atom is -0.211 e. The first-order chi connectivity index (χ1) is 9.44. The van der Waals surface area contributed by atoms with E-state index in [1.807, 2.05) is 50.2 Å². The highest BCUT2D eigenvalue weighted by Crippen LogP contribution is 2.28. The first kappa shape index (κ1) is 14.8. The summed E-state index contributed by atoms with van der Waals surface area (Å²) in [6, 6.07) is 13.3. The van der Waals surface area contributed by atoms with E-state index in [-0.39, 0.29) is 0 Å². The SMILES string of the molecule is CCNS(=O)(=O)c1ccc(C)cc1-c1ccc(C)cc1. The quantitative estimate of drug-likeness (QED) is 0.939. The zero-order valence-corrected chi connectivity index (χ0v) is 12.8. The lowest BCUT2D eigenvalue weighted by Gasteiger charge is -2.12. The molecular formula is C16H19NO2S. The second kappa shape index (κ2) is 5.77. The van der Waals surface area contributed by atoms with E-state index in [1.54, 1.807) is 13.0 Å². The van der Waals surface area contributed by atoms with Gasteiger partial charge in [-0.1, -0.05) is 54.4 Å². The molecule has 0 aromatic heterocycles. The van der Waals surface area contributed by atoms with Gasteiger partial charge in [-0.15, -0.1) is 0 Å². The Morgan fingerprint density at radius 2 is 1.55 bits per heavy atom. The molecule has 2 aromatic rings. The summed E-state index contributed by atoms with van der Waals surface area (Å²) in [6.45, 7) is 6.12. The normalized spacial score (nSPS) is 11.6. The predicted molar refractivity (Wildman–Crippen MR) is 82.2 cm³/mol. The number of hydrogen-bond acceptors (Lipinski definition) is 2. The van der Waals surface area contributed by atoms with E-state index >= 15 is 0 Å². The molecule has 0 aliphatic carbocycles. The van der Waals surface area contributed by atoms with Crippen molar-refractivity contribution in [3.05, 3.63) is 53.6 Å². The Morgan fingerprint density at radius 3 is 2.15 bits per heavy atom. The van der Waals surface area contributed by atoms with Gasteiger partial charge in [0, 0.05) is 12.1 Å². The van der Waals surface area contributed by atoms with Gasteiger partial charge in [-0.2, -0.15) is 0 Å². The molecule has 4 heteroatoms. The molecule has 0 aliphatic rings. The van der Waals surface area contributed by atoms with Crippen LogP contribution in [0.5, 0.6) is 0 Å². The minimum atomic E-state index is -3.47. The fourth-order valence-corrected chi connectivity index (χ4v) is 3.35. The molecular weight excluding hydrogens is 270 g/mol. The first-order valence-electron chi connectivity index (χ1n) is 6.61. The molecule has 0 fully saturated rings. The lowest BCUT2D eigenvalue weighted by Crippen LogP contribution is -2.23. The van der Waals surface area contributed by atoms with Crippen LogP contribution in [0.25, 0.3) is 11.1 Å². The summed E-state index contributed by atoms with van der Waals surface area (Å²) < 4.78 is 27.1. The van der Waals surface area contributed by atoms with E-state index in [9.17, 15) is 8.42 Å². The molecule has 0 saturated carbocycles. The van der Waals surface area contributed by atoms with Crippen molar-refractivity contribution in [1.29, 1.82) is 0 Å². The second-order valence-corrected chi connectivity index (χ2v) is 6.60. The Kier molecular flexibility index (Phi) is 4.26. The van der Waals surface area contributed by atoms with Gasteiger partial charge in [-0.05, 0) is 25.5 Å². The van der Waals surface area contributed by atoms with E-state index in [0.717, 1.165) is 22.3 Å². The second-order valence-electron chi connectivity index (χ2n) is 4.87. The smallest absolute Gasteiger partial charge is 0.211 e. The number of sulfonamides is 1. The van der Waals surface area contributed by atoms with Crippen molar-refractivity contribution in [3.63, 3.8) is 0 Å². The van der Waals surface area contributed by atoms with Crippen LogP contribution >= 0.6 is 0 Å². The molecule has 0 unspecified atom stereocenters. The number of nitrogens with one attached hydrogen (secondary N) is 1. The predicted octanol–water partition coefficient (Wildman–Crippen LogP) is 3.27. The zero-order valence-electron chi connectivity index (χ0n) is 12.0. The summed E-state index contributed by atoms with van der Waals surface area (Å²) in [5.41, 5.74) is 3.84. The number of hydrogen-bond donors (Lipinski definition) is 1. The van der Waals surface area contributed by atoms with Crippen molar-refractivity contribution >= 4 is 10.0 Å². The molecule has 2 rings (SSSR count). The number of rotatable bonds is 4. The Balaban J connectivity index is 2.63. The highest BCUT2D eigenvalue weighted by Gasteiger charge is 2.18. The van der Waals surface area contributed by atoms with Gasteiger partial charge in [0.25, 0.3) is 0 Å². The van der Waals surface area contributed by atoms with Crippen LogP contribution in [-0.2, 0) is 10.0 Å². The van der Waals surface area contributed by atoms with E-state index in [2.05, 4.69) is 4.72 Å². The van der Waals surface area contributed by atoms with Crippen molar-refractivity contribution in [3.8, 4) is 11.1 Å². The highest BCUT2D eigenvalue weighted by atomic mass is 32.2. The molecule has 0 aliphatic heterocycles. The van der Waals surface area contributed by atoms with Crippen LogP contribution in [0, 0.1) is 13.8 Å². The summed E-state index contributed by atoms with van der Waals surface area (Å²) in [5.74, 6) is 0. The first-order valence-corrected chi connectivity index (χ1v) is 8.09. The Bertz CT molecular complexity index is 704. The van der Waals surface area contributed by atoms with Crippen molar-refractivity contribution in [2.45, 2.75) is 25.7 Å². The molecule has 0 spiro atoms. The molecule has 1 N–H and O–H groups in total. The third kappa shape index (κ3) is 3.08. The molecule has 0 heterocycles. The van der Waals surface area contributed by atoms with Crippen molar-refractivity contribution < 1.29 is 8.42 Å². The van der Waals surface area contributed by atoms with Gasteiger partial charge in [0.2, 0.25) is 10.0 Å². The fraction of sp³-hybridized carbons (Fsp3) is 0.250. The molecule has 0 radical (unpaired) electrons. The maximum absolute atomic E-state index is 12.3. The lowest BCUT2D eigenvalue weighted by atomic mass is 10.0. The standard InChI is InChI=1S/C16H19NO2S/c1-4-17-20(18,19)16-10-7-13(3)11-15(16)14-8-5-12(2)6-9-14/h5-11,17H,4H2,1-3H3. The van der Waals surface area contributed by atoms with Crippen LogP contribution in [-0.4, -0.2) is 15.0 Å². The molecule has 106 valence electrons. The minimum absolute atomic E-state index is 0.328. The largest absolute Gasteiger partial charge is 0.241 e. The Labute approximate surface area is 120 Å². The summed E-state index contributed by atoms with van der Waals surface area (Å²) in [6.07, 6.45) is 0. The van der Waals surface area contributed by atoms with Crippen LogP contribution in [0.2, 0.25) is 0 Å². The van der Waals surface area contributed by atoms with Gasteiger partial charge in [-0.3, -0.25) is 0 Å². The summed E-state index contributed by atoms with van der Waals surface area (Å²) in [4.78, 5) is 0.328. The monoisotopic (exact) mass is 289 g/mol. The topological polar surface area (TPSA) is 46.2 Å². The van der Waals surface area contributed by atoms with Crippen LogP contribution in [0.15, 0.2) is 47.4 Å². The third-order valence-electron chi connectivity index (χ3n) is 3.12. The van der Waals surface area contributed by atoms with Gasteiger partial charge >= 0.3 is 0 Å². The summed E-state index contributed by atoms with van der Waals surface area (Å²) in [7, 11) is -3.47. The average molecular weight is 289 g/mol. The van der Waals surface area contributed by atoms with Crippen molar-refractivity contribution in [1.82, 2.24) is 4.72 Å². The maximum atomic E-state index is 12.3. The fourth-order valence-electron chi connectivity index (χ4n) is 2.10. The zero-order chi connectivity index (χ0) is 14.8. The van der Waals surface area contributed by atoms with E-state index in [0.29, 0.717) is 11.4 Å². The molecule has 3 nitrogen and oxygen atoms in total. The lowest BCUT2D eigenvalue weighted by molar-refractivity contribution is 0.584. The van der Waals surface area contributed by atoms with Crippen LogP contribution < -0.4 is 4.72 Å². The van der Waals surface area contributed by atoms with Gasteiger partial charge < -0.3 is 0 Å². The molecule has 0 bridgehead atoms. The Hall–Kier alpha value is -1.65. The van der Waals surface area contributed by atoms with E-state index in [4.69, 9.17) is 0 Å². The highest BCUT2D eigenvalue weighted by molar-refractivity contribution is 7.89. The van der Waals surface area contributed by atoms with Crippen LogP contribution in [0.4, 0.5) is 0 Å². The molecule has 2 aromatic carbocycles. The molecule has 0 atom stereocenters. The summed E-state index contributed by atoms with van der Waals surface area (Å²) >= 11 is 0. The number of benzene rings is 2. The molecule has 20 heavy (non-hydrogen) atoms. The van der Waals surface area contributed by atoms with Crippen molar-refractivity contribution in [2.24, 2.45) is 0 Å². The van der Waals surface area contributed by atoms with Gasteiger partial charge in [0.15, 0.2) is 0 Å². The van der Waals surface area contributed by atoms with E-state index < -0.39 is 10.0 Å². The Morgan fingerprint density at radius 1 is 0.950 bits per heavy atom. The van der Waals surface area contributed by atoms with Crippen molar-refractivity contribution in [2.75, 3.05) is 6.54 Å². The molecule has 0 saturated heterocycles. The average Bonchev–Trinajstić information content (AvgIpc) is 2.39. The third-order valence-corrected chi connectivity index (χ3v) is 4.73. The van der Waals surface area contributed by atoms with E-state index in [1.165, 1.54) is 0 Å². The van der Waals surface area contributed by atoms with Gasteiger partial charge in [0.1, 0.15) is 0 Å².